The summed E-state index contributed by atoms with van der Waals surface area (Å²) in [6.45, 7) is 5.91. The van der Waals surface area contributed by atoms with E-state index in [1.165, 1.54) is 48.7 Å². The maximum atomic E-state index is 13.6. The van der Waals surface area contributed by atoms with Crippen LogP contribution in [0.1, 0.15) is 31.9 Å². The highest BCUT2D eigenvalue weighted by Gasteiger charge is 2.38. The minimum Gasteiger partial charge on any atom is -0.369 e. The van der Waals surface area contributed by atoms with Crippen molar-refractivity contribution in [1.29, 1.82) is 0 Å². The van der Waals surface area contributed by atoms with Gasteiger partial charge in [0.25, 0.3) is 10.2 Å². The quantitative estimate of drug-likeness (QED) is 0.515. The minimum absolute atomic E-state index is 0.0375. The molecule has 1 aliphatic heterocycles. The van der Waals surface area contributed by atoms with Crippen molar-refractivity contribution in [2.24, 2.45) is 0 Å². The maximum absolute atomic E-state index is 13.6. The van der Waals surface area contributed by atoms with Crippen molar-refractivity contribution in [2.75, 3.05) is 45.2 Å². The van der Waals surface area contributed by atoms with E-state index in [-0.39, 0.29) is 23.5 Å². The number of hydrogen-bond donors (Lipinski definition) is 0. The Kier molecular flexibility index (Phi) is 8.35. The first-order valence-corrected chi connectivity index (χ1v) is 14.5. The molecule has 1 heterocycles. The molecule has 1 aliphatic rings. The van der Waals surface area contributed by atoms with Crippen LogP contribution >= 0.6 is 0 Å². The monoisotopic (exact) mass is 562 g/mol. The number of sulfonamides is 1. The Balaban J connectivity index is 1.84. The van der Waals surface area contributed by atoms with Crippen molar-refractivity contribution in [2.45, 2.75) is 43.9 Å². The molecule has 1 saturated heterocycles. The molecule has 0 saturated carbocycles. The second-order valence-electron chi connectivity index (χ2n) is 10.0. The molecule has 0 radical (unpaired) electrons. The summed E-state index contributed by atoms with van der Waals surface area (Å²) in [5.41, 5.74) is -1.27. The number of nitrogens with zero attached hydrogens (tertiary/aromatic N) is 4. The Hall–Kier alpha value is -2.19. The fraction of sp³-hybridized carbons (Fsp3) is 0.500. The van der Waals surface area contributed by atoms with Crippen LogP contribution in [-0.4, -0.2) is 75.6 Å². The lowest BCUT2D eigenvalue weighted by atomic mass is 10.0. The van der Waals surface area contributed by atoms with Gasteiger partial charge in [0.2, 0.25) is 10.0 Å². The summed E-state index contributed by atoms with van der Waals surface area (Å²) >= 11 is 0. The van der Waals surface area contributed by atoms with Crippen LogP contribution in [-0.2, 0) is 33.0 Å². The average Bonchev–Trinajstić information content (AvgIpc) is 2.81. The number of halogens is 3. The van der Waals surface area contributed by atoms with Crippen LogP contribution in [0.2, 0.25) is 0 Å². The van der Waals surface area contributed by atoms with Crippen LogP contribution in [0.25, 0.3) is 0 Å². The van der Waals surface area contributed by atoms with Gasteiger partial charge in [0.05, 0.1) is 10.5 Å². The fourth-order valence-electron chi connectivity index (χ4n) is 4.14. The van der Waals surface area contributed by atoms with Crippen LogP contribution in [0.5, 0.6) is 0 Å². The topological polar surface area (TPSA) is 81.2 Å². The van der Waals surface area contributed by atoms with E-state index >= 15 is 0 Å². The summed E-state index contributed by atoms with van der Waals surface area (Å²) < 4.78 is 96.2. The number of benzene rings is 2. The summed E-state index contributed by atoms with van der Waals surface area (Å²) in [6.07, 6.45) is -4.61. The summed E-state index contributed by atoms with van der Waals surface area (Å²) in [5.74, 6) is 0. The Bertz CT molecular complexity index is 1300. The molecule has 0 bridgehead atoms. The third-order valence-corrected chi connectivity index (χ3v) is 10.3. The predicted molar refractivity (Wildman–Crippen MR) is 137 cm³/mol. The van der Waals surface area contributed by atoms with E-state index in [2.05, 4.69) is 0 Å². The molecule has 8 nitrogen and oxygen atoms in total. The molecule has 1 fully saturated rings. The van der Waals surface area contributed by atoms with Crippen LogP contribution in [0.15, 0.2) is 53.4 Å². The summed E-state index contributed by atoms with van der Waals surface area (Å²) in [4.78, 5) is 1.92. The van der Waals surface area contributed by atoms with Crippen molar-refractivity contribution in [3.63, 3.8) is 0 Å². The van der Waals surface area contributed by atoms with Crippen molar-refractivity contribution in [3.05, 3.63) is 59.7 Å². The van der Waals surface area contributed by atoms with Gasteiger partial charge in [0, 0.05) is 58.0 Å². The summed E-state index contributed by atoms with van der Waals surface area (Å²) in [5, 5.41) is 0. The van der Waals surface area contributed by atoms with Crippen LogP contribution in [0, 0.1) is 0 Å². The second kappa shape index (κ2) is 10.5. The molecule has 0 unspecified atom stereocenters. The summed E-state index contributed by atoms with van der Waals surface area (Å²) in [7, 11) is -4.71. The Labute approximate surface area is 217 Å². The van der Waals surface area contributed by atoms with Gasteiger partial charge in [-0.05, 0) is 56.7 Å². The third-order valence-electron chi connectivity index (χ3n) is 6.20. The Morgan fingerprint density at radius 3 is 1.86 bits per heavy atom. The lowest BCUT2D eigenvalue weighted by Crippen LogP contribution is -2.51. The maximum Gasteiger partial charge on any atom is 0.416 e. The molecule has 0 atom stereocenters. The third kappa shape index (κ3) is 6.45. The highest BCUT2D eigenvalue weighted by molar-refractivity contribution is 7.89. The molecular weight excluding hydrogens is 529 g/mol. The van der Waals surface area contributed by atoms with E-state index in [9.17, 15) is 30.0 Å². The molecule has 2 aromatic rings. The molecule has 0 amide bonds. The van der Waals surface area contributed by atoms with Gasteiger partial charge in [-0.2, -0.15) is 34.5 Å². The molecule has 0 N–H and O–H groups in total. The van der Waals surface area contributed by atoms with E-state index in [1.807, 2.05) is 4.90 Å². The van der Waals surface area contributed by atoms with Gasteiger partial charge in [-0.25, -0.2) is 8.42 Å². The van der Waals surface area contributed by atoms with E-state index in [0.717, 1.165) is 20.4 Å². The molecule has 13 heteroatoms. The van der Waals surface area contributed by atoms with E-state index < -0.39 is 44.1 Å². The lowest BCUT2D eigenvalue weighted by molar-refractivity contribution is -0.138. The van der Waals surface area contributed by atoms with Crippen molar-refractivity contribution in [3.8, 4) is 0 Å². The van der Waals surface area contributed by atoms with Crippen molar-refractivity contribution in [1.82, 2.24) is 12.9 Å². The van der Waals surface area contributed by atoms with Crippen LogP contribution < -0.4 is 4.90 Å². The first kappa shape index (κ1) is 29.4. The highest BCUT2D eigenvalue weighted by atomic mass is 32.2. The van der Waals surface area contributed by atoms with Gasteiger partial charge >= 0.3 is 6.18 Å². The van der Waals surface area contributed by atoms with Gasteiger partial charge in [-0.15, -0.1) is 0 Å². The van der Waals surface area contributed by atoms with Gasteiger partial charge in [0.15, 0.2) is 0 Å². The highest BCUT2D eigenvalue weighted by Crippen LogP contribution is 2.35. The first-order chi connectivity index (χ1) is 17.0. The molecule has 3 rings (SSSR count). The van der Waals surface area contributed by atoms with Gasteiger partial charge in [-0.1, -0.05) is 18.2 Å². The van der Waals surface area contributed by atoms with E-state index in [0.29, 0.717) is 13.1 Å². The molecule has 206 valence electrons. The van der Waals surface area contributed by atoms with Crippen LogP contribution in [0.3, 0.4) is 0 Å². The number of alkyl halides is 3. The molecule has 0 aromatic heterocycles. The zero-order valence-electron chi connectivity index (χ0n) is 21.5. The zero-order chi connectivity index (χ0) is 27.8. The molecule has 0 aliphatic carbocycles. The molecule has 2 aromatic carbocycles. The standard InChI is InChI=1S/C24H33F3N4O4S2/c1-23(2,3)31(18-19-8-6-7-9-22(19)24(25,26)27)36(32,33)21-12-10-20(11-13-21)29-14-16-30(17-15-29)37(34,35)28(4)5/h6-13H,14-18H2,1-5H3. The number of hydrogen-bond acceptors (Lipinski definition) is 5. The Morgan fingerprint density at radius 1 is 0.838 bits per heavy atom. The largest absolute Gasteiger partial charge is 0.416 e. The first-order valence-electron chi connectivity index (χ1n) is 11.7. The van der Waals surface area contributed by atoms with Gasteiger partial charge < -0.3 is 4.90 Å². The lowest BCUT2D eigenvalue weighted by Gasteiger charge is -2.37. The molecule has 37 heavy (non-hydrogen) atoms. The van der Waals surface area contributed by atoms with E-state index in [4.69, 9.17) is 0 Å². The smallest absolute Gasteiger partial charge is 0.369 e. The molecular formula is C24H33F3N4O4S2. The van der Waals surface area contributed by atoms with Gasteiger partial charge in [-0.3, -0.25) is 0 Å². The second-order valence-corrected chi connectivity index (χ2v) is 14.0. The average molecular weight is 563 g/mol. The predicted octanol–water partition coefficient (Wildman–Crippen LogP) is 3.62. The Morgan fingerprint density at radius 2 is 1.38 bits per heavy atom. The minimum atomic E-state index is -4.61. The molecule has 0 spiro atoms. The number of piperazine rings is 1. The number of rotatable bonds is 7. The van der Waals surface area contributed by atoms with Crippen molar-refractivity contribution >= 4 is 25.9 Å². The van der Waals surface area contributed by atoms with Crippen LogP contribution in [0.4, 0.5) is 18.9 Å². The summed E-state index contributed by atoms with van der Waals surface area (Å²) in [6, 6.07) is 11.1. The van der Waals surface area contributed by atoms with Crippen molar-refractivity contribution < 1.29 is 30.0 Å². The fourth-order valence-corrected chi connectivity index (χ4v) is 6.99. The SMILES string of the molecule is CN(C)S(=O)(=O)N1CCN(c2ccc(S(=O)(=O)N(Cc3ccccc3C(F)(F)F)C(C)(C)C)cc2)CC1. The number of anilines is 1. The zero-order valence-corrected chi connectivity index (χ0v) is 23.2. The normalized spacial score (nSPS) is 16.5. The van der Waals surface area contributed by atoms with Gasteiger partial charge in [0.1, 0.15) is 0 Å². The van der Waals surface area contributed by atoms with E-state index in [1.54, 1.807) is 32.9 Å².